The van der Waals surface area contributed by atoms with Gasteiger partial charge in [0, 0.05) is 19.1 Å². The molecule has 1 aromatic carbocycles. The third-order valence-electron chi connectivity index (χ3n) is 5.22. The number of hydrogen-bond acceptors (Lipinski definition) is 6. The van der Waals surface area contributed by atoms with Crippen molar-refractivity contribution in [2.45, 2.75) is 44.7 Å². The van der Waals surface area contributed by atoms with Crippen LogP contribution in [0.15, 0.2) is 36.7 Å². The Morgan fingerprint density at radius 1 is 1.11 bits per heavy atom. The molecular formula is C21H25N7. The molecule has 3 aromatic rings. The van der Waals surface area contributed by atoms with Crippen LogP contribution in [0.2, 0.25) is 0 Å². The number of imidazole rings is 1. The highest BCUT2D eigenvalue weighted by atomic mass is 15.2. The summed E-state index contributed by atoms with van der Waals surface area (Å²) in [5.74, 6) is 0.871. The van der Waals surface area contributed by atoms with Crippen LogP contribution in [-0.4, -0.2) is 38.7 Å². The van der Waals surface area contributed by atoms with Crippen LogP contribution in [0.1, 0.15) is 37.1 Å². The topological polar surface area (TPSA) is 91.5 Å². The summed E-state index contributed by atoms with van der Waals surface area (Å²) in [6, 6.07) is 12.9. The smallest absolute Gasteiger partial charge is 0.236 e. The zero-order chi connectivity index (χ0) is 19.2. The van der Waals surface area contributed by atoms with Gasteiger partial charge in [-0.3, -0.25) is 0 Å². The molecule has 0 atom stereocenters. The van der Waals surface area contributed by atoms with Crippen LogP contribution in [0.25, 0.3) is 11.2 Å². The van der Waals surface area contributed by atoms with Gasteiger partial charge in [-0.1, -0.05) is 43.2 Å². The van der Waals surface area contributed by atoms with Crippen molar-refractivity contribution in [3.63, 3.8) is 0 Å². The first-order chi connectivity index (χ1) is 13.8. The summed E-state index contributed by atoms with van der Waals surface area (Å²) >= 11 is 0. The first-order valence-electron chi connectivity index (χ1n) is 9.97. The second-order valence-electron chi connectivity index (χ2n) is 7.23. The minimum absolute atomic E-state index is 0.187. The molecule has 0 bridgehead atoms. The average Bonchev–Trinajstić information content (AvgIpc) is 3.38. The van der Waals surface area contributed by atoms with E-state index in [1.54, 1.807) is 6.33 Å². The molecule has 2 aromatic heterocycles. The van der Waals surface area contributed by atoms with Gasteiger partial charge in [-0.05, 0) is 31.4 Å². The lowest BCUT2D eigenvalue weighted by molar-refractivity contribution is 0.604. The number of benzene rings is 1. The summed E-state index contributed by atoms with van der Waals surface area (Å²) in [5.41, 5.74) is 2.80. The number of rotatable bonds is 8. The molecule has 0 unspecified atom stereocenters. The van der Waals surface area contributed by atoms with E-state index < -0.39 is 0 Å². The molecule has 7 nitrogen and oxygen atoms in total. The van der Waals surface area contributed by atoms with E-state index in [0.717, 1.165) is 50.1 Å². The Morgan fingerprint density at radius 2 is 1.93 bits per heavy atom. The van der Waals surface area contributed by atoms with Gasteiger partial charge in [-0.15, -0.1) is 0 Å². The summed E-state index contributed by atoms with van der Waals surface area (Å²) in [6.45, 7) is 2.48. The highest BCUT2D eigenvalue weighted by molar-refractivity contribution is 5.83. The number of nitriles is 1. The predicted octanol–water partition coefficient (Wildman–Crippen LogP) is 2.88. The Balaban J connectivity index is 1.40. The Kier molecular flexibility index (Phi) is 5.78. The second kappa shape index (κ2) is 8.81. The maximum atomic E-state index is 9.32. The summed E-state index contributed by atoms with van der Waals surface area (Å²) in [7, 11) is 0. The number of nitrogens with zero attached hydrogens (tertiary/aromatic N) is 5. The van der Waals surface area contributed by atoms with Crippen molar-refractivity contribution in [3.05, 3.63) is 48.0 Å². The molecular weight excluding hydrogens is 350 g/mol. The Bertz CT molecular complexity index is 952. The molecule has 28 heavy (non-hydrogen) atoms. The second-order valence-corrected chi connectivity index (χ2v) is 7.23. The summed E-state index contributed by atoms with van der Waals surface area (Å²) in [5, 5.41) is 16.3. The fraction of sp³-hybridized carbons (Fsp3) is 0.429. The number of anilines is 1. The standard InChI is InChI=1S/C21H25N7/c22-14-18-26-20(25-17-8-4-5-9-17)19-21(27-18)28(15-24-19)13-12-23-11-10-16-6-2-1-3-7-16/h1-3,6-7,15,17,23H,4-5,8-13H2,(H,25,26,27). The van der Waals surface area contributed by atoms with Crippen molar-refractivity contribution in [3.8, 4) is 6.07 Å². The van der Waals surface area contributed by atoms with Crippen molar-refractivity contribution in [1.82, 2.24) is 24.8 Å². The van der Waals surface area contributed by atoms with Gasteiger partial charge in [0.2, 0.25) is 5.82 Å². The molecule has 0 aliphatic heterocycles. The number of hydrogen-bond donors (Lipinski definition) is 2. The molecule has 0 radical (unpaired) electrons. The minimum Gasteiger partial charge on any atom is -0.365 e. The molecule has 1 aliphatic carbocycles. The molecule has 0 saturated heterocycles. The minimum atomic E-state index is 0.187. The van der Waals surface area contributed by atoms with E-state index in [0.29, 0.717) is 11.9 Å². The number of aromatic nitrogens is 4. The van der Waals surface area contributed by atoms with Gasteiger partial charge in [0.25, 0.3) is 0 Å². The Hall–Kier alpha value is -2.98. The molecule has 1 aliphatic rings. The first-order valence-corrected chi connectivity index (χ1v) is 9.97. The third kappa shape index (κ3) is 4.29. The van der Waals surface area contributed by atoms with Crippen molar-refractivity contribution in [1.29, 1.82) is 5.26 Å². The van der Waals surface area contributed by atoms with Crippen molar-refractivity contribution in [2.75, 3.05) is 18.4 Å². The summed E-state index contributed by atoms with van der Waals surface area (Å²) < 4.78 is 1.99. The fourth-order valence-corrected chi connectivity index (χ4v) is 3.72. The van der Waals surface area contributed by atoms with Crippen molar-refractivity contribution < 1.29 is 0 Å². The molecule has 4 rings (SSSR count). The first kappa shape index (κ1) is 18.4. The quantitative estimate of drug-likeness (QED) is 0.588. The molecule has 1 saturated carbocycles. The molecule has 144 valence electrons. The van der Waals surface area contributed by atoms with Crippen LogP contribution in [0, 0.1) is 11.3 Å². The predicted molar refractivity (Wildman–Crippen MR) is 109 cm³/mol. The lowest BCUT2D eigenvalue weighted by Crippen LogP contribution is -2.22. The zero-order valence-electron chi connectivity index (χ0n) is 15.9. The number of fused-ring (bicyclic) bond motifs is 1. The van der Waals surface area contributed by atoms with Crippen LogP contribution < -0.4 is 10.6 Å². The maximum Gasteiger partial charge on any atom is 0.236 e. The van der Waals surface area contributed by atoms with Gasteiger partial charge in [0.15, 0.2) is 17.0 Å². The maximum absolute atomic E-state index is 9.32. The summed E-state index contributed by atoms with van der Waals surface area (Å²) in [6.07, 6.45) is 7.54. The largest absolute Gasteiger partial charge is 0.365 e. The van der Waals surface area contributed by atoms with E-state index in [1.165, 1.54) is 18.4 Å². The normalized spacial score (nSPS) is 14.4. The van der Waals surface area contributed by atoms with Gasteiger partial charge in [0.05, 0.1) is 6.33 Å². The van der Waals surface area contributed by atoms with Gasteiger partial charge in [-0.25, -0.2) is 4.98 Å². The van der Waals surface area contributed by atoms with E-state index in [9.17, 15) is 5.26 Å². The lowest BCUT2D eigenvalue weighted by Gasteiger charge is -2.13. The fourth-order valence-electron chi connectivity index (χ4n) is 3.72. The van der Waals surface area contributed by atoms with E-state index >= 15 is 0 Å². The van der Waals surface area contributed by atoms with Crippen molar-refractivity contribution >= 4 is 17.0 Å². The van der Waals surface area contributed by atoms with Crippen LogP contribution >= 0.6 is 0 Å². The molecule has 2 heterocycles. The highest BCUT2D eigenvalue weighted by Crippen LogP contribution is 2.25. The highest BCUT2D eigenvalue weighted by Gasteiger charge is 2.19. The van der Waals surface area contributed by atoms with E-state index in [4.69, 9.17) is 0 Å². The number of nitrogens with one attached hydrogen (secondary N) is 2. The van der Waals surface area contributed by atoms with Gasteiger partial charge in [0.1, 0.15) is 6.07 Å². The van der Waals surface area contributed by atoms with E-state index in [2.05, 4.69) is 55.9 Å². The van der Waals surface area contributed by atoms with E-state index in [1.807, 2.05) is 10.6 Å². The molecule has 2 N–H and O–H groups in total. The summed E-state index contributed by atoms with van der Waals surface area (Å²) in [4.78, 5) is 13.3. The lowest BCUT2D eigenvalue weighted by atomic mass is 10.1. The van der Waals surface area contributed by atoms with Crippen LogP contribution in [0.3, 0.4) is 0 Å². The molecule has 0 spiro atoms. The molecule has 0 amide bonds. The third-order valence-corrected chi connectivity index (χ3v) is 5.22. The average molecular weight is 375 g/mol. The van der Waals surface area contributed by atoms with Gasteiger partial charge >= 0.3 is 0 Å². The van der Waals surface area contributed by atoms with Crippen LogP contribution in [0.5, 0.6) is 0 Å². The molecule has 1 fully saturated rings. The van der Waals surface area contributed by atoms with Crippen LogP contribution in [-0.2, 0) is 13.0 Å². The van der Waals surface area contributed by atoms with Crippen molar-refractivity contribution in [2.24, 2.45) is 0 Å². The zero-order valence-corrected chi connectivity index (χ0v) is 15.9. The monoisotopic (exact) mass is 375 g/mol. The Morgan fingerprint density at radius 3 is 2.71 bits per heavy atom. The van der Waals surface area contributed by atoms with Gasteiger partial charge in [-0.2, -0.15) is 15.2 Å². The van der Waals surface area contributed by atoms with Crippen LogP contribution in [0.4, 0.5) is 5.82 Å². The SMILES string of the molecule is N#Cc1nc(NC2CCCC2)c2ncn(CCNCCc3ccccc3)c2n1. The van der Waals surface area contributed by atoms with Gasteiger partial charge < -0.3 is 15.2 Å². The Labute approximate surface area is 164 Å². The van der Waals surface area contributed by atoms with E-state index in [-0.39, 0.29) is 5.82 Å². The molecule has 7 heteroatoms.